The summed E-state index contributed by atoms with van der Waals surface area (Å²) in [6, 6.07) is 4.32. The molecule has 0 saturated carbocycles. The van der Waals surface area contributed by atoms with Crippen molar-refractivity contribution in [1.82, 2.24) is 5.32 Å². The van der Waals surface area contributed by atoms with Crippen LogP contribution < -0.4 is 10.1 Å². The monoisotopic (exact) mass is 349 g/mol. The predicted molar refractivity (Wildman–Crippen MR) is 87.1 cm³/mol. The Kier molecular flexibility index (Phi) is 4.53. The number of fused-ring (bicyclic) bond motifs is 1. The molecular weight excluding hydrogens is 333 g/mol. The van der Waals surface area contributed by atoms with Gasteiger partial charge in [-0.2, -0.15) is 0 Å². The van der Waals surface area contributed by atoms with Crippen LogP contribution in [0, 0.1) is 5.82 Å². The third-order valence-electron chi connectivity index (χ3n) is 4.00. The van der Waals surface area contributed by atoms with Crippen LogP contribution in [0.1, 0.15) is 38.1 Å². The Hall–Kier alpha value is -2.41. The van der Waals surface area contributed by atoms with Gasteiger partial charge in [0.2, 0.25) is 0 Å². The molecule has 0 radical (unpaired) electrons. The van der Waals surface area contributed by atoms with E-state index in [9.17, 15) is 19.1 Å². The molecule has 0 bridgehead atoms. The molecule has 24 heavy (non-hydrogen) atoms. The number of benzene rings is 1. The Morgan fingerprint density at radius 3 is 2.75 bits per heavy atom. The van der Waals surface area contributed by atoms with E-state index in [2.05, 4.69) is 5.32 Å². The Morgan fingerprint density at radius 2 is 2.12 bits per heavy atom. The second-order valence-electron chi connectivity index (χ2n) is 5.55. The summed E-state index contributed by atoms with van der Waals surface area (Å²) >= 11 is 1.39. The molecule has 1 heterocycles. The first kappa shape index (κ1) is 16.4. The molecule has 3 rings (SSSR count). The van der Waals surface area contributed by atoms with Crippen LogP contribution in [0.4, 0.5) is 4.39 Å². The van der Waals surface area contributed by atoms with E-state index in [-0.39, 0.29) is 11.3 Å². The number of carboxylic acids is 1. The van der Waals surface area contributed by atoms with Gasteiger partial charge in [0.15, 0.2) is 17.6 Å². The maximum Gasteiger partial charge on any atom is 0.330 e. The highest BCUT2D eigenvalue weighted by Gasteiger charge is 2.26. The Morgan fingerprint density at radius 1 is 1.33 bits per heavy atom. The molecule has 2 N–H and O–H groups in total. The predicted octanol–water partition coefficient (Wildman–Crippen LogP) is 2.94. The second kappa shape index (κ2) is 6.60. The van der Waals surface area contributed by atoms with Gasteiger partial charge in [0.1, 0.15) is 0 Å². The third kappa shape index (κ3) is 3.12. The summed E-state index contributed by atoms with van der Waals surface area (Å²) in [5.74, 6) is -2.37. The fourth-order valence-electron chi connectivity index (χ4n) is 2.79. The maximum absolute atomic E-state index is 13.8. The molecule has 2 aromatic rings. The quantitative estimate of drug-likeness (QED) is 0.870. The van der Waals surface area contributed by atoms with Crippen LogP contribution in [0.15, 0.2) is 24.3 Å². The van der Waals surface area contributed by atoms with E-state index >= 15 is 0 Å². The summed E-state index contributed by atoms with van der Waals surface area (Å²) in [4.78, 5) is 25.5. The molecule has 1 aliphatic rings. The normalized spacial score (nSPS) is 14.1. The molecule has 1 unspecified atom stereocenters. The molecular formula is C17H16FNO4S. The zero-order valence-corrected chi connectivity index (χ0v) is 13.8. The van der Waals surface area contributed by atoms with E-state index in [1.54, 1.807) is 0 Å². The molecule has 126 valence electrons. The number of nitrogens with one attached hydrogen (secondary N) is 1. The highest BCUT2D eigenvalue weighted by atomic mass is 32.1. The third-order valence-corrected chi connectivity index (χ3v) is 5.24. The summed E-state index contributed by atoms with van der Waals surface area (Å²) in [5.41, 5.74) is 1.31. The number of carbonyl (C=O) groups is 2. The molecule has 1 aromatic carbocycles. The molecule has 0 saturated heterocycles. The number of halogens is 1. The highest BCUT2D eigenvalue weighted by molar-refractivity contribution is 7.14. The van der Waals surface area contributed by atoms with Gasteiger partial charge in [-0.3, -0.25) is 4.79 Å². The topological polar surface area (TPSA) is 75.6 Å². The molecule has 0 spiro atoms. The van der Waals surface area contributed by atoms with Crippen LogP contribution in [0.25, 0.3) is 0 Å². The lowest BCUT2D eigenvalue weighted by molar-refractivity contribution is -0.139. The lowest BCUT2D eigenvalue weighted by Gasteiger charge is -2.15. The first-order valence-electron chi connectivity index (χ1n) is 7.48. The van der Waals surface area contributed by atoms with E-state index in [0.29, 0.717) is 4.88 Å². The van der Waals surface area contributed by atoms with Gasteiger partial charge in [-0.05, 0) is 48.6 Å². The number of carbonyl (C=O) groups excluding carboxylic acids is 1. The Balaban J connectivity index is 1.82. The van der Waals surface area contributed by atoms with Crippen LogP contribution in [0.5, 0.6) is 5.75 Å². The maximum atomic E-state index is 13.8. The van der Waals surface area contributed by atoms with Gasteiger partial charge in [-0.1, -0.05) is 6.07 Å². The number of amides is 1. The van der Waals surface area contributed by atoms with Crippen molar-refractivity contribution in [3.8, 4) is 5.75 Å². The molecule has 5 nitrogen and oxygen atoms in total. The second-order valence-corrected chi connectivity index (χ2v) is 6.69. The van der Waals surface area contributed by atoms with Crippen LogP contribution in [-0.2, 0) is 17.6 Å². The molecule has 1 aromatic heterocycles. The molecule has 1 amide bonds. The van der Waals surface area contributed by atoms with Crippen molar-refractivity contribution in [2.24, 2.45) is 0 Å². The minimum Gasteiger partial charge on any atom is -0.494 e. The first-order chi connectivity index (χ1) is 11.5. The van der Waals surface area contributed by atoms with Crippen molar-refractivity contribution in [2.75, 3.05) is 7.11 Å². The summed E-state index contributed by atoms with van der Waals surface area (Å²) in [5, 5.41) is 11.9. The van der Waals surface area contributed by atoms with E-state index < -0.39 is 23.7 Å². The van der Waals surface area contributed by atoms with E-state index in [0.717, 1.165) is 30.9 Å². The number of aliphatic carboxylic acids is 1. The van der Waals surface area contributed by atoms with Gasteiger partial charge in [-0.25, -0.2) is 9.18 Å². The number of methoxy groups -OCH3 is 1. The van der Waals surface area contributed by atoms with Gasteiger partial charge in [0, 0.05) is 4.88 Å². The fraction of sp³-hybridized carbons (Fsp3) is 0.294. The van der Waals surface area contributed by atoms with Crippen molar-refractivity contribution in [3.63, 3.8) is 0 Å². The van der Waals surface area contributed by atoms with Crippen LogP contribution in [0.2, 0.25) is 0 Å². The Bertz CT molecular complexity index is 780. The average Bonchev–Trinajstić information content (AvgIpc) is 3.13. The first-order valence-corrected chi connectivity index (χ1v) is 8.30. The minimum atomic E-state index is -1.32. The smallest absolute Gasteiger partial charge is 0.330 e. The molecule has 0 fully saturated rings. The molecule has 0 aliphatic heterocycles. The zero-order chi connectivity index (χ0) is 17.3. The summed E-state index contributed by atoms with van der Waals surface area (Å²) < 4.78 is 18.6. The highest BCUT2D eigenvalue weighted by Crippen LogP contribution is 2.31. The fourth-order valence-corrected chi connectivity index (χ4v) is 3.95. The van der Waals surface area contributed by atoms with Gasteiger partial charge >= 0.3 is 5.97 Å². The van der Waals surface area contributed by atoms with Crippen molar-refractivity contribution in [3.05, 3.63) is 51.0 Å². The summed E-state index contributed by atoms with van der Waals surface area (Å²) in [7, 11) is 1.32. The van der Waals surface area contributed by atoms with Crippen LogP contribution in [-0.4, -0.2) is 24.1 Å². The van der Waals surface area contributed by atoms with E-state index in [1.165, 1.54) is 35.5 Å². The van der Waals surface area contributed by atoms with Gasteiger partial charge in [0.05, 0.1) is 12.0 Å². The lowest BCUT2D eigenvalue weighted by Crippen LogP contribution is -2.33. The summed E-state index contributed by atoms with van der Waals surface area (Å²) in [6.45, 7) is 0. The minimum absolute atomic E-state index is 0.0175. The zero-order valence-electron chi connectivity index (χ0n) is 13.0. The molecule has 1 aliphatic carbocycles. The number of ether oxygens (including phenoxy) is 1. The van der Waals surface area contributed by atoms with Crippen molar-refractivity contribution >= 4 is 23.2 Å². The number of aryl methyl sites for hydroxylation is 2. The van der Waals surface area contributed by atoms with E-state index in [4.69, 9.17) is 4.74 Å². The van der Waals surface area contributed by atoms with Crippen molar-refractivity contribution in [1.29, 1.82) is 0 Å². The summed E-state index contributed by atoms with van der Waals surface area (Å²) in [6.07, 6.45) is 3.00. The number of carboxylic acid groups (broad SMARTS) is 1. The van der Waals surface area contributed by atoms with Crippen molar-refractivity contribution in [2.45, 2.75) is 25.3 Å². The van der Waals surface area contributed by atoms with Crippen molar-refractivity contribution < 1.29 is 23.8 Å². The van der Waals surface area contributed by atoms with Gasteiger partial charge in [0.25, 0.3) is 5.91 Å². The Labute approximate surface area is 142 Å². The average molecular weight is 349 g/mol. The van der Waals surface area contributed by atoms with Crippen LogP contribution >= 0.6 is 11.3 Å². The van der Waals surface area contributed by atoms with Gasteiger partial charge in [-0.15, -0.1) is 11.3 Å². The van der Waals surface area contributed by atoms with E-state index in [1.807, 2.05) is 6.07 Å². The molecule has 1 atom stereocenters. The van der Waals surface area contributed by atoms with Gasteiger partial charge < -0.3 is 15.2 Å². The standard InChI is InChI=1S/C17H16FNO4S/c1-23-12-6-5-10(7-11(12)18)15(17(21)22)19-16(20)14-8-9-3-2-4-13(9)24-14/h5-8,15H,2-4H2,1H3,(H,19,20)(H,21,22). The number of hydrogen-bond acceptors (Lipinski definition) is 4. The molecule has 7 heteroatoms. The SMILES string of the molecule is COc1ccc(C(NC(=O)c2cc3c(s2)CCC3)C(=O)O)cc1F. The number of hydrogen-bond donors (Lipinski definition) is 2. The van der Waals surface area contributed by atoms with Crippen LogP contribution in [0.3, 0.4) is 0 Å². The number of thiophene rings is 1. The number of rotatable bonds is 5. The largest absolute Gasteiger partial charge is 0.494 e. The lowest BCUT2D eigenvalue weighted by atomic mass is 10.1.